The highest BCUT2D eigenvalue weighted by Gasteiger charge is 2.55. The number of ketones is 2. The molecule has 0 heterocycles. The molecule has 120 valence electrons. The van der Waals surface area contributed by atoms with Crippen molar-refractivity contribution in [2.45, 2.75) is 25.3 Å². The second-order valence-electron chi connectivity index (χ2n) is 6.03. The fourth-order valence-electron chi connectivity index (χ4n) is 3.04. The lowest BCUT2D eigenvalue weighted by molar-refractivity contribution is 0.0796. The Hall–Kier alpha value is -3.11. The van der Waals surface area contributed by atoms with Crippen LogP contribution in [-0.4, -0.2) is 16.7 Å². The van der Waals surface area contributed by atoms with E-state index in [2.05, 4.69) is 10.0 Å². The first-order valence-electron chi connectivity index (χ1n) is 7.51. The zero-order valence-corrected chi connectivity index (χ0v) is 13.2. The first-order chi connectivity index (χ1) is 11.4. The quantitative estimate of drug-likeness (QED) is 0.398. The Kier molecular flexibility index (Phi) is 3.62. The van der Waals surface area contributed by atoms with Crippen molar-refractivity contribution in [1.29, 1.82) is 0 Å². The smallest absolute Gasteiger partial charge is 0.203 e. The Labute approximate surface area is 138 Å². The van der Waals surface area contributed by atoms with Gasteiger partial charge in [0.2, 0.25) is 5.54 Å². The van der Waals surface area contributed by atoms with Gasteiger partial charge >= 0.3 is 0 Å². The fourth-order valence-corrected chi connectivity index (χ4v) is 3.04. The first-order valence-corrected chi connectivity index (χ1v) is 7.51. The number of azide groups is 1. The molecule has 2 aromatic rings. The molecule has 0 aliphatic heterocycles. The molecule has 0 bridgehead atoms. The molecular formula is C18H15N3O3. The van der Waals surface area contributed by atoms with Crippen molar-refractivity contribution in [1.82, 2.24) is 0 Å². The number of phenols is 1. The van der Waals surface area contributed by atoms with Crippen LogP contribution in [0.5, 0.6) is 5.75 Å². The van der Waals surface area contributed by atoms with Crippen molar-refractivity contribution in [3.8, 4) is 5.75 Å². The first kappa shape index (κ1) is 15.8. The van der Waals surface area contributed by atoms with Gasteiger partial charge in [0.05, 0.1) is 0 Å². The minimum absolute atomic E-state index is 0.0101. The van der Waals surface area contributed by atoms with E-state index in [1.54, 1.807) is 18.2 Å². The third-order valence-corrected chi connectivity index (χ3v) is 4.35. The van der Waals surface area contributed by atoms with Gasteiger partial charge in [0, 0.05) is 21.6 Å². The molecule has 0 spiro atoms. The molecule has 6 heteroatoms. The van der Waals surface area contributed by atoms with Gasteiger partial charge in [0.25, 0.3) is 0 Å². The predicted molar refractivity (Wildman–Crippen MR) is 88.1 cm³/mol. The zero-order valence-electron chi connectivity index (χ0n) is 13.2. The summed E-state index contributed by atoms with van der Waals surface area (Å²) in [6, 6.07) is 11.0. The van der Waals surface area contributed by atoms with E-state index in [1.807, 2.05) is 13.8 Å². The molecule has 0 amide bonds. The highest BCUT2D eigenvalue weighted by molar-refractivity contribution is 6.33. The van der Waals surface area contributed by atoms with Gasteiger partial charge in [-0.1, -0.05) is 55.4 Å². The van der Waals surface area contributed by atoms with Crippen LogP contribution in [0.3, 0.4) is 0 Å². The average Bonchev–Trinajstić information content (AvgIpc) is 2.78. The number of phenolic OH excluding ortho intramolecular Hbond substituents is 1. The van der Waals surface area contributed by atoms with Gasteiger partial charge in [-0.2, -0.15) is 0 Å². The molecule has 0 atom stereocenters. The number of nitrogens with zero attached hydrogens (tertiary/aromatic N) is 3. The van der Waals surface area contributed by atoms with E-state index in [0.717, 1.165) is 5.56 Å². The topological polar surface area (TPSA) is 103 Å². The Morgan fingerprint density at radius 2 is 1.67 bits per heavy atom. The molecule has 1 aliphatic rings. The molecule has 2 aromatic carbocycles. The maximum atomic E-state index is 12.9. The zero-order chi connectivity index (χ0) is 17.5. The molecule has 0 unspecified atom stereocenters. The van der Waals surface area contributed by atoms with E-state index >= 15 is 0 Å². The third-order valence-electron chi connectivity index (χ3n) is 4.35. The molecule has 1 aliphatic carbocycles. The molecule has 0 saturated heterocycles. The summed E-state index contributed by atoms with van der Waals surface area (Å²) in [7, 11) is 0. The van der Waals surface area contributed by atoms with E-state index in [4.69, 9.17) is 5.53 Å². The summed E-state index contributed by atoms with van der Waals surface area (Å²) < 4.78 is 0. The van der Waals surface area contributed by atoms with Crippen LogP contribution < -0.4 is 0 Å². The van der Waals surface area contributed by atoms with Crippen LogP contribution in [0.1, 0.15) is 51.6 Å². The Bertz CT molecular complexity index is 876. The maximum absolute atomic E-state index is 12.9. The standard InChI is InChI=1S/C18H15N3O3/c1-10(2)11-7-8-14(15(22)9-11)18(20-21-19)16(23)12-5-3-4-6-13(12)17(18)24/h3-10,22H,1-2H3. The second-order valence-corrected chi connectivity index (χ2v) is 6.03. The highest BCUT2D eigenvalue weighted by atomic mass is 16.3. The number of carbonyl (C=O) groups excluding carboxylic acids is 2. The lowest BCUT2D eigenvalue weighted by Crippen LogP contribution is -2.36. The van der Waals surface area contributed by atoms with Crippen molar-refractivity contribution >= 4 is 11.6 Å². The number of hydrogen-bond donors (Lipinski definition) is 1. The molecule has 0 saturated carbocycles. The van der Waals surface area contributed by atoms with Gasteiger partial charge in [0.1, 0.15) is 5.75 Å². The van der Waals surface area contributed by atoms with Crippen LogP contribution in [0.25, 0.3) is 10.4 Å². The summed E-state index contributed by atoms with van der Waals surface area (Å²) in [6.07, 6.45) is 0. The summed E-state index contributed by atoms with van der Waals surface area (Å²) in [5.41, 5.74) is 8.14. The number of carbonyl (C=O) groups is 2. The van der Waals surface area contributed by atoms with Gasteiger partial charge in [-0.3, -0.25) is 9.59 Å². The Morgan fingerprint density at radius 1 is 1.08 bits per heavy atom. The number of benzene rings is 2. The van der Waals surface area contributed by atoms with Crippen LogP contribution in [0.4, 0.5) is 0 Å². The number of Topliss-reactive ketones (excluding diaryl/α,β-unsaturated/α-hetero) is 2. The summed E-state index contributed by atoms with van der Waals surface area (Å²) in [5.74, 6) is -1.31. The predicted octanol–water partition coefficient (Wildman–Crippen LogP) is 4.10. The van der Waals surface area contributed by atoms with Gasteiger partial charge in [0.15, 0.2) is 11.6 Å². The van der Waals surface area contributed by atoms with Crippen molar-refractivity contribution in [3.05, 3.63) is 75.2 Å². The van der Waals surface area contributed by atoms with Crippen molar-refractivity contribution < 1.29 is 14.7 Å². The van der Waals surface area contributed by atoms with Crippen LogP contribution in [0.2, 0.25) is 0 Å². The van der Waals surface area contributed by atoms with E-state index in [0.29, 0.717) is 0 Å². The number of rotatable bonds is 3. The monoisotopic (exact) mass is 321 g/mol. The SMILES string of the molecule is CC(C)c1ccc(C2(N=[N+]=[N-])C(=O)c3ccccc3C2=O)c(O)c1. The summed E-state index contributed by atoms with van der Waals surface area (Å²) >= 11 is 0. The van der Waals surface area contributed by atoms with Gasteiger partial charge in [-0.15, -0.1) is 0 Å². The summed E-state index contributed by atoms with van der Waals surface area (Å²) in [4.78, 5) is 28.5. The van der Waals surface area contributed by atoms with Crippen LogP contribution in [0, 0.1) is 0 Å². The number of aromatic hydroxyl groups is 1. The Morgan fingerprint density at radius 3 is 2.12 bits per heavy atom. The molecule has 3 rings (SSSR count). The lowest BCUT2D eigenvalue weighted by Gasteiger charge is -2.22. The molecular weight excluding hydrogens is 306 g/mol. The minimum Gasteiger partial charge on any atom is -0.508 e. The lowest BCUT2D eigenvalue weighted by atomic mass is 9.84. The van der Waals surface area contributed by atoms with E-state index in [1.165, 1.54) is 24.3 Å². The van der Waals surface area contributed by atoms with E-state index in [-0.39, 0.29) is 28.4 Å². The minimum atomic E-state index is -2.09. The van der Waals surface area contributed by atoms with Gasteiger partial charge in [-0.25, -0.2) is 0 Å². The maximum Gasteiger partial charge on any atom is 0.203 e. The van der Waals surface area contributed by atoms with E-state index in [9.17, 15) is 14.7 Å². The highest BCUT2D eigenvalue weighted by Crippen LogP contribution is 2.44. The van der Waals surface area contributed by atoms with E-state index < -0.39 is 17.1 Å². The van der Waals surface area contributed by atoms with Gasteiger partial charge in [-0.05, 0) is 23.1 Å². The third kappa shape index (κ3) is 2.01. The largest absolute Gasteiger partial charge is 0.508 e. The normalized spacial score (nSPS) is 15.3. The fraction of sp³-hybridized carbons (Fsp3) is 0.222. The van der Waals surface area contributed by atoms with Crippen LogP contribution in [0.15, 0.2) is 47.6 Å². The molecule has 6 nitrogen and oxygen atoms in total. The summed E-state index contributed by atoms with van der Waals surface area (Å²) in [6.45, 7) is 3.92. The second kappa shape index (κ2) is 5.51. The Balaban J connectivity index is 2.28. The molecule has 24 heavy (non-hydrogen) atoms. The van der Waals surface area contributed by atoms with Crippen molar-refractivity contribution in [2.24, 2.45) is 5.11 Å². The average molecular weight is 321 g/mol. The van der Waals surface area contributed by atoms with Crippen molar-refractivity contribution in [2.75, 3.05) is 0 Å². The summed E-state index contributed by atoms with van der Waals surface area (Å²) in [5, 5.41) is 14.0. The van der Waals surface area contributed by atoms with Gasteiger partial charge < -0.3 is 5.11 Å². The molecule has 0 fully saturated rings. The molecule has 0 radical (unpaired) electrons. The van der Waals surface area contributed by atoms with Crippen molar-refractivity contribution in [3.63, 3.8) is 0 Å². The van der Waals surface area contributed by atoms with Crippen LogP contribution >= 0.6 is 0 Å². The number of fused-ring (bicyclic) bond motifs is 1. The molecule has 0 aromatic heterocycles. The molecule has 1 N–H and O–H groups in total. The number of hydrogen-bond acceptors (Lipinski definition) is 4. The van der Waals surface area contributed by atoms with Crippen LogP contribution in [-0.2, 0) is 5.54 Å².